The summed E-state index contributed by atoms with van der Waals surface area (Å²) in [7, 11) is 0. The van der Waals surface area contributed by atoms with Gasteiger partial charge in [0.2, 0.25) is 0 Å². The van der Waals surface area contributed by atoms with E-state index in [0.717, 1.165) is 18.1 Å². The van der Waals surface area contributed by atoms with Crippen molar-refractivity contribution in [3.63, 3.8) is 0 Å². The molecule has 0 amide bonds. The molecule has 4 aromatic rings. The van der Waals surface area contributed by atoms with Crippen molar-refractivity contribution in [1.29, 1.82) is 0 Å². The summed E-state index contributed by atoms with van der Waals surface area (Å²) in [5.74, 6) is 2.07. The Morgan fingerprint density at radius 2 is 1.00 bits per heavy atom. The van der Waals surface area contributed by atoms with Crippen LogP contribution in [0.1, 0.15) is 145 Å². The number of fused-ring (bicyclic) bond motifs is 4. The average molecular weight is 798 g/mol. The molecule has 0 saturated carbocycles. The first-order valence-corrected chi connectivity index (χ1v) is 22.8. The van der Waals surface area contributed by atoms with Crippen LogP contribution in [0.4, 0.5) is 0 Å². The lowest BCUT2D eigenvalue weighted by molar-refractivity contribution is 0.121. The van der Waals surface area contributed by atoms with E-state index in [9.17, 15) is 0 Å². The third-order valence-electron chi connectivity index (χ3n) is 14.6. The van der Waals surface area contributed by atoms with Crippen molar-refractivity contribution in [2.75, 3.05) is 26.2 Å². The fourth-order valence-corrected chi connectivity index (χ4v) is 11.2. The molecule has 0 bridgehead atoms. The lowest BCUT2D eigenvalue weighted by atomic mass is 9.64. The van der Waals surface area contributed by atoms with Gasteiger partial charge in [0.25, 0.3) is 0 Å². The Hall–Kier alpha value is -3.57. The molecule has 1 unspecified atom stereocenters. The highest BCUT2D eigenvalue weighted by Gasteiger charge is 2.46. The van der Waals surface area contributed by atoms with Gasteiger partial charge in [-0.25, -0.2) is 0 Å². The molecule has 2 aliphatic carbocycles. The minimum absolute atomic E-state index is 0.0597. The van der Waals surface area contributed by atoms with Crippen LogP contribution in [0, 0.1) is 30.6 Å². The monoisotopic (exact) mass is 797 g/mol. The van der Waals surface area contributed by atoms with E-state index in [0.29, 0.717) is 35.8 Å². The summed E-state index contributed by atoms with van der Waals surface area (Å²) >= 11 is 6.49. The van der Waals surface area contributed by atoms with Gasteiger partial charge in [0.1, 0.15) is 0 Å². The molecule has 2 aliphatic heterocycles. The van der Waals surface area contributed by atoms with Crippen LogP contribution < -0.4 is 0 Å². The van der Waals surface area contributed by atoms with Crippen molar-refractivity contribution in [2.24, 2.45) is 23.7 Å². The van der Waals surface area contributed by atoms with Gasteiger partial charge in [-0.05, 0) is 205 Å². The molecule has 0 N–H and O–H groups in total. The number of likely N-dealkylation sites (tertiary alicyclic amines) is 2. The van der Waals surface area contributed by atoms with Crippen LogP contribution in [0.25, 0.3) is 23.3 Å². The topological polar surface area (TPSA) is 32.3 Å². The molecule has 2 saturated heterocycles. The Kier molecular flexibility index (Phi) is 12.6. The zero-order valence-electron chi connectivity index (χ0n) is 37.4. The molecule has 2 atom stereocenters. The molecule has 4 nitrogen and oxygen atoms in total. The Labute approximate surface area is 356 Å². The Balaban J connectivity index is 0.000000177. The summed E-state index contributed by atoms with van der Waals surface area (Å²) in [4.78, 5) is 15.2. The second-order valence-corrected chi connectivity index (χ2v) is 19.8. The van der Waals surface area contributed by atoms with Crippen molar-refractivity contribution in [3.8, 4) is 0 Å². The fourth-order valence-electron chi connectivity index (χ4n) is 11.0. The van der Waals surface area contributed by atoms with E-state index >= 15 is 0 Å². The van der Waals surface area contributed by atoms with Crippen molar-refractivity contribution in [3.05, 3.63) is 128 Å². The first kappa shape index (κ1) is 42.6. The molecule has 2 fully saturated rings. The maximum Gasteiger partial charge on any atom is 0.0581 e. The van der Waals surface area contributed by atoms with Crippen LogP contribution >= 0.6 is 11.6 Å². The SMILES string of the molecule is CC(C)C1=Cc2cccnc2C(C)(C2CCN(C(C)C)CC2)c2ccc(Cl)cc21.Cc1ccc2c(c1)C(C(C)C)=Cc1cccnc1[C@]2(C)C1CCN(C(C)C)CC1. The molecule has 0 spiro atoms. The number of allylic oxidation sites excluding steroid dienone is 2. The van der Waals surface area contributed by atoms with Gasteiger partial charge in [-0.1, -0.05) is 81.3 Å². The van der Waals surface area contributed by atoms with Crippen LogP contribution in [0.5, 0.6) is 0 Å². The van der Waals surface area contributed by atoms with E-state index < -0.39 is 0 Å². The molecule has 2 aromatic carbocycles. The molecule has 4 aliphatic rings. The molecular weight excluding hydrogens is 728 g/mol. The van der Waals surface area contributed by atoms with E-state index in [-0.39, 0.29) is 10.8 Å². The van der Waals surface area contributed by atoms with Crippen molar-refractivity contribution in [1.82, 2.24) is 19.8 Å². The molecule has 58 heavy (non-hydrogen) atoms. The van der Waals surface area contributed by atoms with Crippen molar-refractivity contribution in [2.45, 2.75) is 125 Å². The number of hydrogen-bond acceptors (Lipinski definition) is 4. The first-order valence-electron chi connectivity index (χ1n) is 22.4. The van der Waals surface area contributed by atoms with Crippen LogP contribution in [-0.2, 0) is 10.8 Å². The summed E-state index contributed by atoms with van der Waals surface area (Å²) in [6.07, 6.45) is 13.6. The number of rotatable bonds is 6. The number of aryl methyl sites for hydroxylation is 1. The molecule has 308 valence electrons. The third-order valence-corrected chi connectivity index (χ3v) is 14.8. The highest BCUT2D eigenvalue weighted by molar-refractivity contribution is 6.30. The molecule has 5 heteroatoms. The second kappa shape index (κ2) is 17.2. The first-order chi connectivity index (χ1) is 27.6. The zero-order valence-corrected chi connectivity index (χ0v) is 38.1. The van der Waals surface area contributed by atoms with Crippen molar-refractivity contribution < 1.29 is 0 Å². The van der Waals surface area contributed by atoms with Gasteiger partial charge < -0.3 is 9.80 Å². The predicted molar refractivity (Wildman–Crippen MR) is 248 cm³/mol. The lowest BCUT2D eigenvalue weighted by Gasteiger charge is -2.44. The maximum atomic E-state index is 6.49. The number of aromatic nitrogens is 2. The zero-order chi connectivity index (χ0) is 41.5. The minimum atomic E-state index is -0.118. The summed E-state index contributed by atoms with van der Waals surface area (Å²) in [5.41, 5.74) is 14.6. The normalized spacial score (nSPS) is 23.0. The van der Waals surface area contributed by atoms with Gasteiger partial charge in [0.15, 0.2) is 0 Å². The number of nitrogens with zero attached hydrogens (tertiary/aromatic N) is 4. The van der Waals surface area contributed by atoms with E-state index in [1.807, 2.05) is 12.4 Å². The van der Waals surface area contributed by atoms with Gasteiger partial charge in [-0.3, -0.25) is 9.97 Å². The van der Waals surface area contributed by atoms with E-state index in [1.165, 1.54) is 100 Å². The van der Waals surface area contributed by atoms with E-state index in [1.54, 1.807) is 0 Å². The maximum absolute atomic E-state index is 6.49. The Morgan fingerprint density at radius 1 is 0.586 bits per heavy atom. The quantitative estimate of drug-likeness (QED) is 0.195. The van der Waals surface area contributed by atoms with Crippen LogP contribution in [-0.4, -0.2) is 58.0 Å². The summed E-state index contributed by atoms with van der Waals surface area (Å²) in [6, 6.07) is 23.5. The van der Waals surface area contributed by atoms with E-state index in [4.69, 9.17) is 21.6 Å². The molecule has 0 radical (unpaired) electrons. The van der Waals surface area contributed by atoms with Crippen LogP contribution in [0.2, 0.25) is 5.02 Å². The van der Waals surface area contributed by atoms with Crippen LogP contribution in [0.15, 0.2) is 73.1 Å². The van der Waals surface area contributed by atoms with Gasteiger partial charge in [0, 0.05) is 40.3 Å². The Bertz CT molecular complexity index is 1990. The van der Waals surface area contributed by atoms with E-state index in [2.05, 4.69) is 159 Å². The largest absolute Gasteiger partial charge is 0.301 e. The highest BCUT2D eigenvalue weighted by atomic mass is 35.5. The molecule has 8 rings (SSSR count). The second-order valence-electron chi connectivity index (χ2n) is 19.3. The number of piperidine rings is 2. The number of halogens is 1. The van der Waals surface area contributed by atoms with Gasteiger partial charge in [-0.2, -0.15) is 0 Å². The molecule has 2 aromatic heterocycles. The van der Waals surface area contributed by atoms with Gasteiger partial charge in [0.05, 0.1) is 11.4 Å². The summed E-state index contributed by atoms with van der Waals surface area (Å²) < 4.78 is 0. The van der Waals surface area contributed by atoms with Gasteiger partial charge >= 0.3 is 0 Å². The number of hydrogen-bond donors (Lipinski definition) is 0. The molecular formula is C53H69ClN4. The highest BCUT2D eigenvalue weighted by Crippen LogP contribution is 2.52. The summed E-state index contributed by atoms with van der Waals surface area (Å²) in [6.45, 7) is 30.2. The smallest absolute Gasteiger partial charge is 0.0581 e. The number of pyridine rings is 2. The van der Waals surface area contributed by atoms with Crippen LogP contribution in [0.3, 0.4) is 0 Å². The minimum Gasteiger partial charge on any atom is -0.301 e. The third kappa shape index (κ3) is 7.91. The van der Waals surface area contributed by atoms with Crippen molar-refractivity contribution >= 4 is 34.9 Å². The van der Waals surface area contributed by atoms with Gasteiger partial charge in [-0.15, -0.1) is 0 Å². The lowest BCUT2D eigenvalue weighted by Crippen LogP contribution is -2.45. The fraction of sp³-hybridized carbons (Fsp3) is 0.509. The Morgan fingerprint density at radius 3 is 1.41 bits per heavy atom. The number of benzene rings is 2. The summed E-state index contributed by atoms with van der Waals surface area (Å²) in [5, 5.41) is 0.811. The average Bonchev–Trinajstić information content (AvgIpc) is 3.40. The predicted octanol–water partition coefficient (Wildman–Crippen LogP) is 13.0. The standard InChI is InChI=1S/C27H36N2.C26H33ClN2/c1-18(2)23-17-21-8-7-13-28-26(21)27(6,25-10-9-20(5)16-24(23)25)22-11-14-29(15-12-22)19(3)4;1-17(2)22-15-19-7-6-12-28-25(19)26(5,24-9-8-21(27)16-23(22)24)20-10-13-29(14-11-20)18(3)4/h7-10,13,16-19,22H,11-12,14-15H2,1-6H3;6-9,12,15-18,20H,10-11,13-14H2,1-5H3/t27-;/m1./s1. The molecule has 4 heterocycles.